The molecule has 3 rings (SSSR count). The minimum Gasteiger partial charge on any atom is -0.493 e. The molecule has 0 aliphatic rings. The van der Waals surface area contributed by atoms with Crippen LogP contribution in [0.15, 0.2) is 42.6 Å². The molecule has 1 unspecified atom stereocenters. The molecule has 29 heavy (non-hydrogen) atoms. The third kappa shape index (κ3) is 4.50. The molecule has 2 aromatic carbocycles. The van der Waals surface area contributed by atoms with E-state index in [-0.39, 0.29) is 11.8 Å². The summed E-state index contributed by atoms with van der Waals surface area (Å²) in [5.74, 6) is 1.11. The van der Waals surface area contributed by atoms with Crippen molar-refractivity contribution in [1.29, 1.82) is 0 Å². The van der Waals surface area contributed by atoms with Crippen LogP contribution in [0.25, 0.3) is 10.9 Å². The molecule has 0 spiro atoms. The Kier molecular flexibility index (Phi) is 6.07. The van der Waals surface area contributed by atoms with E-state index in [0.717, 1.165) is 17.7 Å². The monoisotopic (exact) mass is 424 g/mol. The summed E-state index contributed by atoms with van der Waals surface area (Å²) in [6, 6.07) is 8.20. The number of nitrogens with one attached hydrogen (secondary N) is 1. The van der Waals surface area contributed by atoms with Crippen molar-refractivity contribution in [2.24, 2.45) is 0 Å². The minimum atomic E-state index is -4.46. The molecule has 0 saturated heterocycles. The van der Waals surface area contributed by atoms with Gasteiger partial charge in [0.25, 0.3) is 0 Å². The number of anilines is 1. The lowest BCUT2D eigenvalue weighted by atomic mass is 10.1. The summed E-state index contributed by atoms with van der Waals surface area (Å²) >= 11 is 5.92. The Balaban J connectivity index is 2.16. The average molecular weight is 425 g/mol. The lowest BCUT2D eigenvalue weighted by Gasteiger charge is -2.20. The van der Waals surface area contributed by atoms with Gasteiger partial charge < -0.3 is 14.8 Å². The smallest absolute Gasteiger partial charge is 0.416 e. The lowest BCUT2D eigenvalue weighted by Crippen LogP contribution is -2.17. The van der Waals surface area contributed by atoms with Crippen LogP contribution >= 0.6 is 11.6 Å². The predicted molar refractivity (Wildman–Crippen MR) is 108 cm³/mol. The Bertz CT molecular complexity index is 1020. The maximum Gasteiger partial charge on any atom is 0.416 e. The molecule has 4 nitrogen and oxygen atoms in total. The maximum absolute atomic E-state index is 13.1. The Labute approximate surface area is 171 Å². The first-order valence-corrected chi connectivity index (χ1v) is 9.42. The summed E-state index contributed by atoms with van der Waals surface area (Å²) in [5, 5.41) is 3.92. The van der Waals surface area contributed by atoms with Gasteiger partial charge in [0.05, 0.1) is 29.3 Å². The molecule has 8 heteroatoms. The van der Waals surface area contributed by atoms with Crippen molar-refractivity contribution in [3.63, 3.8) is 0 Å². The van der Waals surface area contributed by atoms with E-state index in [4.69, 9.17) is 21.1 Å². The molecule has 0 fully saturated rings. The summed E-state index contributed by atoms with van der Waals surface area (Å²) in [6.07, 6.45) is -2.80. The van der Waals surface area contributed by atoms with Crippen molar-refractivity contribution in [1.82, 2.24) is 4.98 Å². The number of ether oxygens (including phenoxy) is 2. The predicted octanol–water partition coefficient (Wildman–Crippen LogP) is 6.40. The van der Waals surface area contributed by atoms with Gasteiger partial charge in [0, 0.05) is 24.2 Å². The summed E-state index contributed by atoms with van der Waals surface area (Å²) < 4.78 is 50.6. The third-order valence-electron chi connectivity index (χ3n) is 4.38. The number of rotatable bonds is 6. The number of aryl methyl sites for hydroxylation is 1. The summed E-state index contributed by atoms with van der Waals surface area (Å²) in [4.78, 5) is 4.44. The van der Waals surface area contributed by atoms with Crippen LogP contribution < -0.4 is 14.8 Å². The number of alkyl halides is 4. The zero-order chi connectivity index (χ0) is 21.2. The fourth-order valence-electron chi connectivity index (χ4n) is 2.96. The van der Waals surface area contributed by atoms with Gasteiger partial charge in [0.15, 0.2) is 11.5 Å². The molecule has 0 radical (unpaired) electrons. The zero-order valence-corrected chi connectivity index (χ0v) is 16.9. The first-order valence-electron chi connectivity index (χ1n) is 8.88. The van der Waals surface area contributed by atoms with E-state index in [2.05, 4.69) is 10.3 Å². The molecule has 0 aliphatic carbocycles. The standard InChI is InChI=1S/C21H20ClF3N2O2/c1-12-7-8-26-19-16(27-13(2)11-22)10-17(28-3)20(18(12)19)29-15-6-4-5-14(9-15)21(23,24)25/h4-10,13,27H,11H2,1-3H3. The normalized spacial score (nSPS) is 12.7. The van der Waals surface area contributed by atoms with Crippen LogP contribution in [0.2, 0.25) is 0 Å². The highest BCUT2D eigenvalue weighted by molar-refractivity contribution is 6.18. The van der Waals surface area contributed by atoms with Crippen LogP contribution in [0.5, 0.6) is 17.2 Å². The van der Waals surface area contributed by atoms with Crippen LogP contribution in [-0.4, -0.2) is 24.0 Å². The molecule has 3 aromatic rings. The van der Waals surface area contributed by atoms with Crippen molar-refractivity contribution < 1.29 is 22.6 Å². The number of hydrogen-bond donors (Lipinski definition) is 1. The van der Waals surface area contributed by atoms with Gasteiger partial charge in [-0.25, -0.2) is 0 Å². The van der Waals surface area contributed by atoms with Gasteiger partial charge in [0.1, 0.15) is 5.75 Å². The number of hydrogen-bond acceptors (Lipinski definition) is 4. The van der Waals surface area contributed by atoms with Crippen LogP contribution in [0.4, 0.5) is 18.9 Å². The second-order valence-electron chi connectivity index (χ2n) is 6.63. The molecular formula is C21H20ClF3N2O2. The van der Waals surface area contributed by atoms with Gasteiger partial charge in [-0.3, -0.25) is 4.98 Å². The second kappa shape index (κ2) is 8.37. The van der Waals surface area contributed by atoms with Gasteiger partial charge in [-0.05, 0) is 43.7 Å². The number of nitrogens with zero attached hydrogens (tertiary/aromatic N) is 1. The number of halogens is 4. The van der Waals surface area contributed by atoms with Crippen LogP contribution in [-0.2, 0) is 6.18 Å². The van der Waals surface area contributed by atoms with Crippen LogP contribution in [0.1, 0.15) is 18.1 Å². The fraction of sp³-hybridized carbons (Fsp3) is 0.286. The van der Waals surface area contributed by atoms with E-state index >= 15 is 0 Å². The molecule has 1 atom stereocenters. The SMILES string of the molecule is COc1cc(NC(C)CCl)c2nccc(C)c2c1Oc1cccc(C(F)(F)F)c1. The highest BCUT2D eigenvalue weighted by atomic mass is 35.5. The zero-order valence-electron chi connectivity index (χ0n) is 16.1. The van der Waals surface area contributed by atoms with E-state index in [1.807, 2.05) is 13.8 Å². The number of benzene rings is 2. The van der Waals surface area contributed by atoms with Crippen molar-refractivity contribution in [2.75, 3.05) is 18.3 Å². The van der Waals surface area contributed by atoms with Crippen LogP contribution in [0.3, 0.4) is 0 Å². The molecule has 1 aromatic heterocycles. The summed E-state index contributed by atoms with van der Waals surface area (Å²) in [5.41, 5.74) is 1.37. The van der Waals surface area contributed by atoms with Gasteiger partial charge in [-0.2, -0.15) is 13.2 Å². The number of fused-ring (bicyclic) bond motifs is 1. The molecule has 0 amide bonds. The number of aromatic nitrogens is 1. The third-order valence-corrected chi connectivity index (χ3v) is 4.84. The molecule has 0 aliphatic heterocycles. The Hall–Kier alpha value is -2.67. The maximum atomic E-state index is 13.1. The summed E-state index contributed by atoms with van der Waals surface area (Å²) in [6.45, 7) is 3.80. The second-order valence-corrected chi connectivity index (χ2v) is 6.94. The van der Waals surface area contributed by atoms with Gasteiger partial charge in [-0.1, -0.05) is 6.07 Å². The minimum absolute atomic E-state index is 0.0258. The summed E-state index contributed by atoms with van der Waals surface area (Å²) in [7, 11) is 1.47. The Morgan fingerprint density at radius 2 is 1.97 bits per heavy atom. The van der Waals surface area contributed by atoms with E-state index in [1.165, 1.54) is 19.2 Å². The van der Waals surface area contributed by atoms with Crippen molar-refractivity contribution in [3.8, 4) is 17.2 Å². The molecule has 1 heterocycles. The highest BCUT2D eigenvalue weighted by Gasteiger charge is 2.31. The average Bonchev–Trinajstić information content (AvgIpc) is 2.69. The molecular weight excluding hydrogens is 405 g/mol. The van der Waals surface area contributed by atoms with Gasteiger partial charge in [-0.15, -0.1) is 11.6 Å². The van der Waals surface area contributed by atoms with Crippen LogP contribution in [0, 0.1) is 6.92 Å². The quantitative estimate of drug-likeness (QED) is 0.465. The largest absolute Gasteiger partial charge is 0.493 e. The Morgan fingerprint density at radius 1 is 1.21 bits per heavy atom. The number of pyridine rings is 1. The van der Waals surface area contributed by atoms with E-state index in [1.54, 1.807) is 18.3 Å². The van der Waals surface area contributed by atoms with Gasteiger partial charge in [0.2, 0.25) is 0 Å². The van der Waals surface area contributed by atoms with E-state index in [0.29, 0.717) is 34.0 Å². The highest BCUT2D eigenvalue weighted by Crippen LogP contribution is 2.44. The van der Waals surface area contributed by atoms with Gasteiger partial charge >= 0.3 is 6.18 Å². The lowest BCUT2D eigenvalue weighted by molar-refractivity contribution is -0.137. The number of methoxy groups -OCH3 is 1. The first-order chi connectivity index (χ1) is 13.7. The van der Waals surface area contributed by atoms with E-state index < -0.39 is 11.7 Å². The molecule has 1 N–H and O–H groups in total. The van der Waals surface area contributed by atoms with Crippen molar-refractivity contribution in [3.05, 3.63) is 53.7 Å². The van der Waals surface area contributed by atoms with Crippen molar-refractivity contribution in [2.45, 2.75) is 26.1 Å². The molecule has 0 saturated carbocycles. The van der Waals surface area contributed by atoms with Crippen molar-refractivity contribution >= 4 is 28.2 Å². The fourth-order valence-corrected chi connectivity index (χ4v) is 3.04. The van der Waals surface area contributed by atoms with E-state index in [9.17, 15) is 13.2 Å². The molecule has 154 valence electrons. The molecule has 0 bridgehead atoms. The Morgan fingerprint density at radius 3 is 2.62 bits per heavy atom. The topological polar surface area (TPSA) is 43.4 Å². The first kappa shape index (κ1) is 21.0.